The summed E-state index contributed by atoms with van der Waals surface area (Å²) in [5.74, 6) is 1.03. The molecule has 1 fully saturated rings. The molecule has 1 aromatic carbocycles. The molecule has 0 aliphatic carbocycles. The number of aryl methyl sites for hydroxylation is 1. The highest BCUT2D eigenvalue weighted by Crippen LogP contribution is 2.30. The van der Waals surface area contributed by atoms with Crippen LogP contribution in [0, 0.1) is 0 Å². The van der Waals surface area contributed by atoms with Gasteiger partial charge >= 0.3 is 6.03 Å². The first-order valence-corrected chi connectivity index (χ1v) is 9.16. The molecule has 2 aromatic heterocycles. The van der Waals surface area contributed by atoms with Crippen LogP contribution in [0.15, 0.2) is 47.2 Å². The molecule has 0 radical (unpaired) electrons. The maximum Gasteiger partial charge on any atom is 0.322 e. The van der Waals surface area contributed by atoms with Crippen LogP contribution in [0.1, 0.15) is 37.5 Å². The van der Waals surface area contributed by atoms with E-state index in [0.29, 0.717) is 23.9 Å². The van der Waals surface area contributed by atoms with Gasteiger partial charge in [0.15, 0.2) is 5.82 Å². The molecule has 140 valence electrons. The molecule has 1 aliphatic rings. The van der Waals surface area contributed by atoms with Gasteiger partial charge in [-0.05, 0) is 25.0 Å². The summed E-state index contributed by atoms with van der Waals surface area (Å²) in [5, 5.41) is 11.2. The lowest BCUT2D eigenvalue weighted by atomic mass is 10.1. The van der Waals surface area contributed by atoms with Crippen LogP contribution in [0.2, 0.25) is 0 Å². The molecule has 0 bridgehead atoms. The smallest absolute Gasteiger partial charge is 0.322 e. The van der Waals surface area contributed by atoms with Gasteiger partial charge in [-0.25, -0.2) is 4.79 Å². The number of hydrogen-bond acceptors (Lipinski definition) is 5. The zero-order valence-electron chi connectivity index (χ0n) is 15.2. The van der Waals surface area contributed by atoms with E-state index in [1.807, 2.05) is 37.4 Å². The Hall–Kier alpha value is -3.16. The van der Waals surface area contributed by atoms with Crippen molar-refractivity contribution in [3.63, 3.8) is 0 Å². The lowest BCUT2D eigenvalue weighted by Gasteiger charge is -2.27. The van der Waals surface area contributed by atoms with Crippen LogP contribution in [-0.4, -0.2) is 37.4 Å². The normalized spacial score (nSPS) is 17.5. The zero-order chi connectivity index (χ0) is 18.6. The van der Waals surface area contributed by atoms with E-state index in [4.69, 9.17) is 4.52 Å². The highest BCUT2D eigenvalue weighted by atomic mass is 16.5. The Bertz CT molecular complexity index is 904. The van der Waals surface area contributed by atoms with E-state index < -0.39 is 0 Å². The number of aromatic nitrogens is 4. The first-order chi connectivity index (χ1) is 13.2. The molecule has 4 rings (SSSR count). The van der Waals surface area contributed by atoms with Crippen molar-refractivity contribution in [2.75, 3.05) is 11.9 Å². The van der Waals surface area contributed by atoms with Gasteiger partial charge in [0, 0.05) is 25.4 Å². The monoisotopic (exact) mass is 366 g/mol. The third-order valence-electron chi connectivity index (χ3n) is 4.73. The molecule has 2 amide bonds. The van der Waals surface area contributed by atoms with Crippen LogP contribution in [-0.2, 0) is 7.05 Å². The molecule has 1 saturated heterocycles. The van der Waals surface area contributed by atoms with E-state index >= 15 is 0 Å². The van der Waals surface area contributed by atoms with E-state index in [1.165, 1.54) is 0 Å². The molecule has 1 aliphatic heterocycles. The number of anilines is 1. The number of likely N-dealkylation sites (tertiary alicyclic amines) is 1. The molecule has 0 spiro atoms. The number of amides is 2. The molecule has 1 N–H and O–H groups in total. The Labute approximate surface area is 157 Å². The van der Waals surface area contributed by atoms with Crippen molar-refractivity contribution in [2.45, 2.75) is 31.7 Å². The number of carbonyl (C=O) groups is 1. The average Bonchev–Trinajstić information content (AvgIpc) is 3.25. The fourth-order valence-electron chi connectivity index (χ4n) is 3.37. The van der Waals surface area contributed by atoms with Gasteiger partial charge < -0.3 is 14.7 Å². The van der Waals surface area contributed by atoms with Gasteiger partial charge in [-0.2, -0.15) is 10.1 Å². The number of nitrogens with zero attached hydrogens (tertiary/aromatic N) is 5. The molecule has 1 atom stereocenters. The van der Waals surface area contributed by atoms with Crippen LogP contribution >= 0.6 is 0 Å². The summed E-state index contributed by atoms with van der Waals surface area (Å²) in [6, 6.07) is 9.29. The number of hydrogen-bond donors (Lipinski definition) is 1. The SMILES string of the molecule is Cn1cc(NC(=O)N2CCCCCC2c2noc(-c3ccccc3)n2)cn1. The molecular weight excluding hydrogens is 344 g/mol. The highest BCUT2D eigenvalue weighted by Gasteiger charge is 2.30. The predicted molar refractivity (Wildman–Crippen MR) is 99.9 cm³/mol. The Morgan fingerprint density at radius 3 is 2.85 bits per heavy atom. The summed E-state index contributed by atoms with van der Waals surface area (Å²) >= 11 is 0. The number of urea groups is 1. The molecule has 3 heterocycles. The molecule has 8 nitrogen and oxygen atoms in total. The van der Waals surface area contributed by atoms with Crippen molar-refractivity contribution < 1.29 is 9.32 Å². The number of benzene rings is 1. The summed E-state index contributed by atoms with van der Waals surface area (Å²) in [6.45, 7) is 0.659. The average molecular weight is 366 g/mol. The van der Waals surface area contributed by atoms with E-state index in [1.54, 1.807) is 22.0 Å². The third-order valence-corrected chi connectivity index (χ3v) is 4.73. The van der Waals surface area contributed by atoms with Crippen LogP contribution in [0.25, 0.3) is 11.5 Å². The van der Waals surface area contributed by atoms with Crippen LogP contribution in [0.5, 0.6) is 0 Å². The summed E-state index contributed by atoms with van der Waals surface area (Å²) in [6.07, 6.45) is 7.28. The lowest BCUT2D eigenvalue weighted by molar-refractivity contribution is 0.185. The molecule has 27 heavy (non-hydrogen) atoms. The van der Waals surface area contributed by atoms with Gasteiger partial charge in [0.2, 0.25) is 0 Å². The Morgan fingerprint density at radius 1 is 1.22 bits per heavy atom. The third kappa shape index (κ3) is 3.84. The Kier molecular flexibility index (Phi) is 4.86. The Morgan fingerprint density at radius 2 is 2.07 bits per heavy atom. The van der Waals surface area contributed by atoms with Gasteiger partial charge in [0.05, 0.1) is 17.9 Å². The molecule has 0 saturated carbocycles. The molecular formula is C19H22N6O2. The van der Waals surface area contributed by atoms with Gasteiger partial charge in [0.25, 0.3) is 5.89 Å². The van der Waals surface area contributed by atoms with Crippen molar-refractivity contribution in [1.82, 2.24) is 24.8 Å². The summed E-state index contributed by atoms with van der Waals surface area (Å²) in [7, 11) is 1.81. The minimum Gasteiger partial charge on any atom is -0.334 e. The van der Waals surface area contributed by atoms with Crippen LogP contribution in [0.3, 0.4) is 0 Å². The first-order valence-electron chi connectivity index (χ1n) is 9.16. The van der Waals surface area contributed by atoms with Crippen molar-refractivity contribution in [1.29, 1.82) is 0 Å². The van der Waals surface area contributed by atoms with Crippen LogP contribution in [0.4, 0.5) is 10.5 Å². The van der Waals surface area contributed by atoms with E-state index in [-0.39, 0.29) is 12.1 Å². The predicted octanol–water partition coefficient (Wildman–Crippen LogP) is 3.62. The van der Waals surface area contributed by atoms with Gasteiger partial charge in [-0.1, -0.05) is 36.2 Å². The number of nitrogens with one attached hydrogen (secondary N) is 1. The first kappa shape index (κ1) is 17.3. The van der Waals surface area contributed by atoms with E-state index in [2.05, 4.69) is 20.6 Å². The van der Waals surface area contributed by atoms with Crippen molar-refractivity contribution in [2.24, 2.45) is 7.05 Å². The maximum atomic E-state index is 12.9. The van der Waals surface area contributed by atoms with E-state index in [0.717, 1.165) is 31.2 Å². The minimum atomic E-state index is -0.203. The fourth-order valence-corrected chi connectivity index (χ4v) is 3.37. The molecule has 8 heteroatoms. The zero-order valence-corrected chi connectivity index (χ0v) is 15.2. The number of rotatable bonds is 3. The van der Waals surface area contributed by atoms with Gasteiger partial charge in [-0.15, -0.1) is 0 Å². The van der Waals surface area contributed by atoms with Gasteiger partial charge in [-0.3, -0.25) is 4.68 Å². The molecule has 3 aromatic rings. The van der Waals surface area contributed by atoms with Gasteiger partial charge in [0.1, 0.15) is 0 Å². The van der Waals surface area contributed by atoms with Crippen molar-refractivity contribution in [3.05, 3.63) is 48.5 Å². The number of carbonyl (C=O) groups excluding carboxylic acids is 1. The second kappa shape index (κ2) is 7.61. The molecule has 1 unspecified atom stereocenters. The summed E-state index contributed by atoms with van der Waals surface area (Å²) < 4.78 is 7.12. The Balaban J connectivity index is 1.57. The van der Waals surface area contributed by atoms with E-state index in [9.17, 15) is 4.79 Å². The van der Waals surface area contributed by atoms with Crippen molar-refractivity contribution >= 4 is 11.7 Å². The second-order valence-corrected chi connectivity index (χ2v) is 6.72. The largest absolute Gasteiger partial charge is 0.334 e. The highest BCUT2D eigenvalue weighted by molar-refractivity contribution is 5.89. The fraction of sp³-hybridized carbons (Fsp3) is 0.368. The maximum absolute atomic E-state index is 12.9. The minimum absolute atomic E-state index is 0.166. The second-order valence-electron chi connectivity index (χ2n) is 6.72. The lowest BCUT2D eigenvalue weighted by Crippen LogP contribution is -2.38. The topological polar surface area (TPSA) is 89.1 Å². The van der Waals surface area contributed by atoms with Crippen LogP contribution < -0.4 is 5.32 Å². The quantitative estimate of drug-likeness (QED) is 0.765. The summed E-state index contributed by atoms with van der Waals surface area (Å²) in [5.41, 5.74) is 1.54. The summed E-state index contributed by atoms with van der Waals surface area (Å²) in [4.78, 5) is 19.3. The standard InChI is InChI=1S/C19H22N6O2/c1-24-13-15(12-20-24)21-19(26)25-11-7-3-6-10-16(25)17-22-18(27-23-17)14-8-4-2-5-9-14/h2,4-5,8-9,12-13,16H,3,6-7,10-11H2,1H3,(H,21,26). The van der Waals surface area contributed by atoms with Crippen molar-refractivity contribution in [3.8, 4) is 11.5 Å².